The second-order valence-electron chi connectivity index (χ2n) is 10.9. The lowest BCUT2D eigenvalue weighted by molar-refractivity contribution is -0.110. The van der Waals surface area contributed by atoms with E-state index in [-0.39, 0.29) is 32.5 Å². The lowest BCUT2D eigenvalue weighted by Crippen LogP contribution is -2.49. The smallest absolute Gasteiger partial charge is 0.256 e. The fraction of sp³-hybridized carbons (Fsp3) is 0.333. The zero-order valence-corrected chi connectivity index (χ0v) is 25.1. The highest BCUT2D eigenvalue weighted by molar-refractivity contribution is 7.90. The van der Waals surface area contributed by atoms with Gasteiger partial charge in [-0.15, -0.1) is 0 Å². The SMILES string of the molecule is Cc1[nH]c(/C=C2\C(=O)Nc3ccc(S(=O)(=O)Cc4c(Cl)cccc4Cl)cc32)c(C)c1C(=O)N1CCN(C2CC2)CC1. The molecule has 1 saturated heterocycles. The molecule has 0 bridgehead atoms. The first-order chi connectivity index (χ1) is 19.5. The average Bonchev–Trinajstić information content (AvgIpc) is 3.69. The van der Waals surface area contributed by atoms with Gasteiger partial charge in [-0.3, -0.25) is 14.5 Å². The number of carbonyl (C=O) groups is 2. The monoisotopic (exact) mass is 612 g/mol. The van der Waals surface area contributed by atoms with E-state index in [4.69, 9.17) is 23.2 Å². The van der Waals surface area contributed by atoms with E-state index in [0.717, 1.165) is 24.3 Å². The molecule has 214 valence electrons. The summed E-state index contributed by atoms with van der Waals surface area (Å²) in [5.41, 5.74) is 4.36. The molecule has 0 atom stereocenters. The number of anilines is 1. The fourth-order valence-corrected chi connectivity index (χ4v) is 7.84. The number of rotatable bonds is 6. The van der Waals surface area contributed by atoms with Gasteiger partial charge < -0.3 is 15.2 Å². The van der Waals surface area contributed by atoms with Crippen molar-refractivity contribution in [1.82, 2.24) is 14.8 Å². The maximum absolute atomic E-state index is 13.5. The van der Waals surface area contributed by atoms with Gasteiger partial charge in [0, 0.05) is 70.5 Å². The van der Waals surface area contributed by atoms with Crippen LogP contribution in [0.15, 0.2) is 41.3 Å². The third kappa shape index (κ3) is 5.32. The summed E-state index contributed by atoms with van der Waals surface area (Å²) in [5.74, 6) is -0.737. The van der Waals surface area contributed by atoms with Crippen molar-refractivity contribution in [3.05, 3.63) is 80.1 Å². The highest BCUT2D eigenvalue weighted by atomic mass is 35.5. The number of nitrogens with one attached hydrogen (secondary N) is 2. The highest BCUT2D eigenvalue weighted by Gasteiger charge is 2.34. The number of aromatic nitrogens is 1. The van der Waals surface area contributed by atoms with Crippen LogP contribution in [0.5, 0.6) is 0 Å². The number of carbonyl (C=O) groups excluding carboxylic acids is 2. The Morgan fingerprint density at radius 1 is 1.05 bits per heavy atom. The predicted octanol–water partition coefficient (Wildman–Crippen LogP) is 5.33. The first kappa shape index (κ1) is 28.0. The van der Waals surface area contributed by atoms with Gasteiger partial charge in [0.2, 0.25) is 0 Å². The molecule has 3 aromatic rings. The molecule has 8 nitrogen and oxygen atoms in total. The minimum absolute atomic E-state index is 0.0146. The van der Waals surface area contributed by atoms with Gasteiger partial charge >= 0.3 is 0 Å². The van der Waals surface area contributed by atoms with Crippen molar-refractivity contribution < 1.29 is 18.0 Å². The Labute approximate surface area is 249 Å². The van der Waals surface area contributed by atoms with Gasteiger partial charge in [0.15, 0.2) is 9.84 Å². The predicted molar refractivity (Wildman–Crippen MR) is 161 cm³/mol. The topological polar surface area (TPSA) is 103 Å². The average molecular weight is 614 g/mol. The molecule has 2 amide bonds. The molecule has 2 aromatic carbocycles. The van der Waals surface area contributed by atoms with Crippen molar-refractivity contribution in [1.29, 1.82) is 0 Å². The summed E-state index contributed by atoms with van der Waals surface area (Å²) >= 11 is 12.5. The van der Waals surface area contributed by atoms with Crippen LogP contribution in [0.2, 0.25) is 10.0 Å². The Morgan fingerprint density at radius 2 is 1.73 bits per heavy atom. The van der Waals surface area contributed by atoms with E-state index < -0.39 is 9.84 Å². The Balaban J connectivity index is 1.29. The molecule has 2 aliphatic heterocycles. The molecule has 11 heteroatoms. The Morgan fingerprint density at radius 3 is 2.39 bits per heavy atom. The number of amides is 2. The number of fused-ring (bicyclic) bond motifs is 1. The summed E-state index contributed by atoms with van der Waals surface area (Å²) in [6.07, 6.45) is 4.19. The van der Waals surface area contributed by atoms with E-state index in [9.17, 15) is 18.0 Å². The van der Waals surface area contributed by atoms with Crippen molar-refractivity contribution in [3.8, 4) is 0 Å². The van der Waals surface area contributed by atoms with E-state index in [1.807, 2.05) is 18.7 Å². The molecular weight excluding hydrogens is 583 g/mol. The van der Waals surface area contributed by atoms with Gasteiger partial charge in [-0.05, 0) is 68.7 Å². The van der Waals surface area contributed by atoms with Crippen molar-refractivity contribution in [2.75, 3.05) is 31.5 Å². The summed E-state index contributed by atoms with van der Waals surface area (Å²) in [5, 5.41) is 3.35. The van der Waals surface area contributed by atoms with E-state index in [1.54, 1.807) is 30.3 Å². The maximum Gasteiger partial charge on any atom is 0.256 e. The number of nitrogens with zero attached hydrogens (tertiary/aromatic N) is 2. The molecule has 1 saturated carbocycles. The van der Waals surface area contributed by atoms with Crippen LogP contribution in [-0.2, 0) is 20.4 Å². The molecule has 1 aromatic heterocycles. The van der Waals surface area contributed by atoms with Crippen LogP contribution in [0, 0.1) is 13.8 Å². The maximum atomic E-state index is 13.5. The summed E-state index contributed by atoms with van der Waals surface area (Å²) in [6, 6.07) is 10.1. The quantitative estimate of drug-likeness (QED) is 0.367. The molecular formula is C30H30Cl2N4O4S. The lowest BCUT2D eigenvalue weighted by atomic mass is 10.0. The Hall–Kier alpha value is -3.11. The zero-order valence-electron chi connectivity index (χ0n) is 22.8. The van der Waals surface area contributed by atoms with E-state index in [0.29, 0.717) is 52.8 Å². The van der Waals surface area contributed by atoms with Crippen molar-refractivity contribution >= 4 is 62.2 Å². The van der Waals surface area contributed by atoms with Gasteiger partial charge in [0.1, 0.15) is 0 Å². The largest absolute Gasteiger partial charge is 0.358 e. The number of sulfone groups is 1. The van der Waals surface area contributed by atoms with Gasteiger partial charge in [-0.1, -0.05) is 29.3 Å². The molecule has 3 aliphatic rings. The Kier molecular flexibility index (Phi) is 7.26. The molecule has 41 heavy (non-hydrogen) atoms. The molecule has 0 radical (unpaired) electrons. The zero-order chi connectivity index (χ0) is 29.1. The van der Waals surface area contributed by atoms with Crippen LogP contribution in [0.1, 0.15) is 51.3 Å². The number of hydrogen-bond donors (Lipinski definition) is 2. The number of H-pyrrole nitrogens is 1. The Bertz CT molecular complexity index is 1700. The second-order valence-corrected chi connectivity index (χ2v) is 13.7. The number of aryl methyl sites for hydroxylation is 1. The number of hydrogen-bond acceptors (Lipinski definition) is 5. The first-order valence-electron chi connectivity index (χ1n) is 13.6. The lowest BCUT2D eigenvalue weighted by Gasteiger charge is -2.35. The van der Waals surface area contributed by atoms with Crippen molar-refractivity contribution in [2.24, 2.45) is 0 Å². The summed E-state index contributed by atoms with van der Waals surface area (Å²) in [7, 11) is -3.83. The highest BCUT2D eigenvalue weighted by Crippen LogP contribution is 2.37. The number of aromatic amines is 1. The van der Waals surface area contributed by atoms with Crippen LogP contribution >= 0.6 is 23.2 Å². The van der Waals surface area contributed by atoms with E-state index >= 15 is 0 Å². The summed E-state index contributed by atoms with van der Waals surface area (Å²) < 4.78 is 26.7. The van der Waals surface area contributed by atoms with E-state index in [1.165, 1.54) is 25.0 Å². The van der Waals surface area contributed by atoms with Crippen LogP contribution in [0.3, 0.4) is 0 Å². The first-order valence-corrected chi connectivity index (χ1v) is 16.0. The third-order valence-electron chi connectivity index (χ3n) is 8.17. The fourth-order valence-electron chi connectivity index (χ4n) is 5.72. The minimum Gasteiger partial charge on any atom is -0.358 e. The molecule has 2 fully saturated rings. The number of halogens is 2. The molecule has 1 aliphatic carbocycles. The van der Waals surface area contributed by atoms with Gasteiger partial charge in [0.25, 0.3) is 11.8 Å². The van der Waals surface area contributed by atoms with Crippen LogP contribution in [0.4, 0.5) is 5.69 Å². The third-order valence-corrected chi connectivity index (χ3v) is 10.5. The van der Waals surface area contributed by atoms with Crippen LogP contribution in [0.25, 0.3) is 11.6 Å². The van der Waals surface area contributed by atoms with Gasteiger partial charge in [-0.2, -0.15) is 0 Å². The molecule has 6 rings (SSSR count). The molecule has 3 heterocycles. The standard InChI is InChI=1S/C30H30Cl2N4O4S/c1-17-27(33-18(2)28(17)30(38)36-12-10-35(11-13-36)19-6-7-19)15-22-21-14-20(8-9-26(21)34-29(22)37)41(39,40)16-23-24(31)4-3-5-25(23)32/h3-5,8-9,14-15,19,33H,6-7,10-13,16H2,1-2H3,(H,34,37)/b22-15-. The summed E-state index contributed by atoms with van der Waals surface area (Å²) in [6.45, 7) is 6.90. The van der Waals surface area contributed by atoms with Gasteiger partial charge in [-0.25, -0.2) is 8.42 Å². The second kappa shape index (κ2) is 10.6. The van der Waals surface area contributed by atoms with Crippen molar-refractivity contribution in [3.63, 3.8) is 0 Å². The van der Waals surface area contributed by atoms with Crippen LogP contribution < -0.4 is 5.32 Å². The molecule has 0 spiro atoms. The summed E-state index contributed by atoms with van der Waals surface area (Å²) in [4.78, 5) is 34.2. The molecule has 2 N–H and O–H groups in total. The minimum atomic E-state index is -3.83. The van der Waals surface area contributed by atoms with Crippen molar-refractivity contribution in [2.45, 2.75) is 43.4 Å². The van der Waals surface area contributed by atoms with Gasteiger partial charge in [0.05, 0.1) is 21.8 Å². The van der Waals surface area contributed by atoms with E-state index in [2.05, 4.69) is 15.2 Å². The normalized spacial score (nSPS) is 18.6. The molecule has 0 unspecified atom stereocenters. The van der Waals surface area contributed by atoms with Crippen LogP contribution in [-0.4, -0.2) is 67.2 Å². The number of benzene rings is 2. The number of piperazine rings is 1.